The van der Waals surface area contributed by atoms with Gasteiger partial charge in [-0.25, -0.2) is 0 Å². The second-order valence-electron chi connectivity index (χ2n) is 4.70. The Labute approximate surface area is 114 Å². The van der Waals surface area contributed by atoms with E-state index in [2.05, 4.69) is 10.1 Å². The lowest BCUT2D eigenvalue weighted by atomic mass is 9.98. The number of nitrogens with two attached hydrogens (primary N) is 1. The molecule has 1 aliphatic heterocycles. The SMILES string of the molecule is NC(COCC(F)(F)F)c1ccc2c(c1)CCC(=O)N2. The number of anilines is 1. The Morgan fingerprint density at radius 3 is 2.80 bits per heavy atom. The Balaban J connectivity index is 1.97. The number of hydrogen-bond acceptors (Lipinski definition) is 3. The number of fused-ring (bicyclic) bond motifs is 1. The maximum Gasteiger partial charge on any atom is 0.411 e. The van der Waals surface area contributed by atoms with Crippen LogP contribution >= 0.6 is 0 Å². The summed E-state index contributed by atoms with van der Waals surface area (Å²) in [4.78, 5) is 11.2. The first-order valence-corrected chi connectivity index (χ1v) is 6.18. The van der Waals surface area contributed by atoms with E-state index in [9.17, 15) is 18.0 Å². The van der Waals surface area contributed by atoms with Crippen molar-refractivity contribution in [3.8, 4) is 0 Å². The van der Waals surface area contributed by atoms with Gasteiger partial charge in [0.2, 0.25) is 5.91 Å². The Hall–Kier alpha value is -1.60. The van der Waals surface area contributed by atoms with Crippen LogP contribution in [0.3, 0.4) is 0 Å². The molecule has 0 aliphatic carbocycles. The quantitative estimate of drug-likeness (QED) is 0.892. The van der Waals surface area contributed by atoms with Gasteiger partial charge in [-0.15, -0.1) is 0 Å². The molecular weight excluding hydrogens is 273 g/mol. The van der Waals surface area contributed by atoms with Gasteiger partial charge in [0.1, 0.15) is 6.61 Å². The van der Waals surface area contributed by atoms with E-state index in [1.807, 2.05) is 0 Å². The van der Waals surface area contributed by atoms with E-state index in [-0.39, 0.29) is 12.5 Å². The van der Waals surface area contributed by atoms with Gasteiger partial charge in [0.25, 0.3) is 0 Å². The molecule has 0 radical (unpaired) electrons. The minimum Gasteiger partial charge on any atom is -0.370 e. The summed E-state index contributed by atoms with van der Waals surface area (Å²) < 4.78 is 40.4. The Bertz CT molecular complexity index is 503. The van der Waals surface area contributed by atoms with Crippen molar-refractivity contribution in [2.75, 3.05) is 18.5 Å². The third-order valence-corrected chi connectivity index (χ3v) is 3.02. The van der Waals surface area contributed by atoms with Gasteiger partial charge in [0, 0.05) is 12.1 Å². The van der Waals surface area contributed by atoms with Gasteiger partial charge in [-0.05, 0) is 23.6 Å². The van der Waals surface area contributed by atoms with Crippen LogP contribution in [0.4, 0.5) is 18.9 Å². The third kappa shape index (κ3) is 3.94. The number of carbonyl (C=O) groups is 1. The summed E-state index contributed by atoms with van der Waals surface area (Å²) in [6.07, 6.45) is -3.35. The van der Waals surface area contributed by atoms with Crippen molar-refractivity contribution in [2.24, 2.45) is 5.73 Å². The summed E-state index contributed by atoms with van der Waals surface area (Å²) in [6, 6.07) is 4.58. The lowest BCUT2D eigenvalue weighted by molar-refractivity contribution is -0.174. The molecule has 4 nitrogen and oxygen atoms in total. The monoisotopic (exact) mass is 288 g/mol. The van der Waals surface area contributed by atoms with E-state index < -0.39 is 18.8 Å². The average molecular weight is 288 g/mol. The maximum absolute atomic E-state index is 12.0. The fourth-order valence-electron chi connectivity index (χ4n) is 2.03. The summed E-state index contributed by atoms with van der Waals surface area (Å²) in [5.74, 6) is -0.0388. The number of nitrogens with one attached hydrogen (secondary N) is 1. The predicted octanol–water partition coefficient (Wildman–Crippen LogP) is 2.15. The van der Waals surface area contributed by atoms with Crippen molar-refractivity contribution in [3.05, 3.63) is 29.3 Å². The fraction of sp³-hybridized carbons (Fsp3) is 0.462. The third-order valence-electron chi connectivity index (χ3n) is 3.02. The molecule has 20 heavy (non-hydrogen) atoms. The number of aryl methyl sites for hydroxylation is 1. The molecule has 1 unspecified atom stereocenters. The molecule has 0 saturated carbocycles. The molecule has 1 heterocycles. The lowest BCUT2D eigenvalue weighted by Crippen LogP contribution is -2.24. The number of ether oxygens (including phenoxy) is 1. The predicted molar refractivity (Wildman–Crippen MR) is 67.2 cm³/mol. The van der Waals surface area contributed by atoms with Crippen LogP contribution in [-0.2, 0) is 16.0 Å². The second kappa shape index (κ2) is 5.80. The number of rotatable bonds is 4. The fourth-order valence-corrected chi connectivity index (χ4v) is 2.03. The summed E-state index contributed by atoms with van der Waals surface area (Å²) in [5, 5.41) is 2.73. The molecule has 7 heteroatoms. The Morgan fingerprint density at radius 2 is 2.10 bits per heavy atom. The molecule has 0 aromatic heterocycles. The van der Waals surface area contributed by atoms with E-state index in [1.165, 1.54) is 0 Å². The van der Waals surface area contributed by atoms with Crippen molar-refractivity contribution < 1.29 is 22.7 Å². The van der Waals surface area contributed by atoms with Crippen LogP contribution < -0.4 is 11.1 Å². The van der Waals surface area contributed by atoms with Crippen molar-refractivity contribution in [1.29, 1.82) is 0 Å². The minimum atomic E-state index is -4.35. The highest BCUT2D eigenvalue weighted by Gasteiger charge is 2.27. The summed E-state index contributed by atoms with van der Waals surface area (Å²) in [5.41, 5.74) is 8.17. The van der Waals surface area contributed by atoms with Gasteiger partial charge < -0.3 is 15.8 Å². The van der Waals surface area contributed by atoms with Crippen LogP contribution in [0.5, 0.6) is 0 Å². The van der Waals surface area contributed by atoms with Crippen LogP contribution in [0.25, 0.3) is 0 Å². The molecule has 0 spiro atoms. The van der Waals surface area contributed by atoms with Gasteiger partial charge >= 0.3 is 6.18 Å². The zero-order valence-electron chi connectivity index (χ0n) is 10.7. The summed E-state index contributed by atoms with van der Waals surface area (Å²) in [7, 11) is 0. The van der Waals surface area contributed by atoms with Crippen LogP contribution in [0.1, 0.15) is 23.6 Å². The van der Waals surface area contributed by atoms with Crippen LogP contribution in [-0.4, -0.2) is 25.3 Å². The molecule has 2 rings (SSSR count). The highest BCUT2D eigenvalue weighted by molar-refractivity contribution is 5.93. The highest BCUT2D eigenvalue weighted by Crippen LogP contribution is 2.26. The topological polar surface area (TPSA) is 64.3 Å². The normalized spacial score (nSPS) is 16.5. The first kappa shape index (κ1) is 14.8. The number of benzene rings is 1. The van der Waals surface area contributed by atoms with Crippen LogP contribution in [0.2, 0.25) is 0 Å². The molecule has 1 aliphatic rings. The molecule has 1 atom stereocenters. The lowest BCUT2D eigenvalue weighted by Gasteiger charge is -2.20. The van der Waals surface area contributed by atoms with Crippen LogP contribution in [0.15, 0.2) is 18.2 Å². The molecule has 0 fully saturated rings. The highest BCUT2D eigenvalue weighted by atomic mass is 19.4. The molecule has 1 aromatic carbocycles. The van der Waals surface area contributed by atoms with Gasteiger partial charge in [-0.2, -0.15) is 13.2 Å². The van der Waals surface area contributed by atoms with Crippen molar-refractivity contribution in [2.45, 2.75) is 25.1 Å². The van der Waals surface area contributed by atoms with E-state index in [0.717, 1.165) is 11.3 Å². The molecule has 3 N–H and O–H groups in total. The summed E-state index contributed by atoms with van der Waals surface area (Å²) in [6.45, 7) is -1.51. The smallest absolute Gasteiger partial charge is 0.370 e. The van der Waals surface area contributed by atoms with E-state index in [4.69, 9.17) is 5.73 Å². The first-order chi connectivity index (χ1) is 9.35. The van der Waals surface area contributed by atoms with Crippen LogP contribution in [0, 0.1) is 0 Å². The zero-order valence-corrected chi connectivity index (χ0v) is 10.7. The minimum absolute atomic E-state index is 0.0388. The number of hydrogen-bond donors (Lipinski definition) is 2. The van der Waals surface area contributed by atoms with Gasteiger partial charge in [0.05, 0.1) is 12.6 Å². The molecular formula is C13H15F3N2O2. The first-order valence-electron chi connectivity index (χ1n) is 6.18. The van der Waals surface area contributed by atoms with Gasteiger partial charge in [-0.3, -0.25) is 4.79 Å². The standard InChI is InChI=1S/C13H15F3N2O2/c14-13(15,16)7-20-6-10(17)8-1-3-11-9(5-8)2-4-12(19)18-11/h1,3,5,10H,2,4,6-7,17H2,(H,18,19). The number of alkyl halides is 3. The van der Waals surface area contributed by atoms with E-state index >= 15 is 0 Å². The van der Waals surface area contributed by atoms with Crippen molar-refractivity contribution in [3.63, 3.8) is 0 Å². The van der Waals surface area contributed by atoms with Crippen molar-refractivity contribution >= 4 is 11.6 Å². The largest absolute Gasteiger partial charge is 0.411 e. The Kier molecular flexibility index (Phi) is 4.29. The van der Waals surface area contributed by atoms with Gasteiger partial charge in [0.15, 0.2) is 0 Å². The van der Waals surface area contributed by atoms with E-state index in [0.29, 0.717) is 18.4 Å². The number of amides is 1. The second-order valence-corrected chi connectivity index (χ2v) is 4.70. The van der Waals surface area contributed by atoms with E-state index in [1.54, 1.807) is 18.2 Å². The molecule has 0 bridgehead atoms. The molecule has 1 aromatic rings. The number of halogens is 3. The zero-order chi connectivity index (χ0) is 14.8. The molecule has 1 amide bonds. The van der Waals surface area contributed by atoms with Crippen molar-refractivity contribution in [1.82, 2.24) is 0 Å². The maximum atomic E-state index is 12.0. The average Bonchev–Trinajstić information content (AvgIpc) is 2.36. The molecule has 0 saturated heterocycles. The Morgan fingerprint density at radius 1 is 1.35 bits per heavy atom. The summed E-state index contributed by atoms with van der Waals surface area (Å²) >= 11 is 0. The number of carbonyl (C=O) groups excluding carboxylic acids is 1. The van der Waals surface area contributed by atoms with Gasteiger partial charge in [-0.1, -0.05) is 12.1 Å². The molecule has 110 valence electrons.